The number of aromatic nitrogens is 1. The maximum atomic E-state index is 13.7. The Morgan fingerprint density at radius 1 is 1.11 bits per heavy atom. The second-order valence-corrected chi connectivity index (χ2v) is 10.5. The zero-order valence-electron chi connectivity index (χ0n) is 20.9. The van der Waals surface area contributed by atoms with Crippen molar-refractivity contribution in [2.45, 2.75) is 40.7 Å². The molecular formula is C28H28N2O5S. The molecule has 2 aromatic carbocycles. The average Bonchev–Trinajstić information content (AvgIpc) is 3.32. The van der Waals surface area contributed by atoms with Gasteiger partial charge >= 0.3 is 5.97 Å². The minimum absolute atomic E-state index is 0.0118. The lowest BCUT2D eigenvalue weighted by atomic mass is 9.94. The first-order chi connectivity index (χ1) is 17.1. The van der Waals surface area contributed by atoms with E-state index in [0.29, 0.717) is 34.0 Å². The second-order valence-electron chi connectivity index (χ2n) is 9.27. The summed E-state index contributed by atoms with van der Waals surface area (Å²) in [6.07, 6.45) is 0. The van der Waals surface area contributed by atoms with Crippen LogP contribution in [0.5, 0.6) is 0 Å². The van der Waals surface area contributed by atoms with Crippen LogP contribution in [0, 0.1) is 26.7 Å². The molecule has 7 nitrogen and oxygen atoms in total. The van der Waals surface area contributed by atoms with Crippen LogP contribution >= 0.6 is 11.3 Å². The number of nitrogens with zero attached hydrogens (tertiary/aromatic N) is 2. The Labute approximate surface area is 214 Å². The smallest absolute Gasteiger partial charge is 0.338 e. The van der Waals surface area contributed by atoms with Gasteiger partial charge in [0.15, 0.2) is 5.76 Å². The van der Waals surface area contributed by atoms with Gasteiger partial charge in [0.25, 0.3) is 5.91 Å². The zero-order valence-corrected chi connectivity index (χ0v) is 21.7. The van der Waals surface area contributed by atoms with E-state index < -0.39 is 29.5 Å². The van der Waals surface area contributed by atoms with Crippen LogP contribution in [0.2, 0.25) is 0 Å². The molecule has 0 fully saturated rings. The molecule has 4 rings (SSSR count). The summed E-state index contributed by atoms with van der Waals surface area (Å²) >= 11 is 1.23. The van der Waals surface area contributed by atoms with Gasteiger partial charge in [-0.2, -0.15) is 0 Å². The van der Waals surface area contributed by atoms with E-state index >= 15 is 0 Å². The summed E-state index contributed by atoms with van der Waals surface area (Å²) in [5.41, 5.74) is 3.00. The molecule has 8 heteroatoms. The van der Waals surface area contributed by atoms with Gasteiger partial charge in [-0.15, -0.1) is 11.3 Å². The number of ketones is 1. The van der Waals surface area contributed by atoms with Crippen molar-refractivity contribution in [2.24, 2.45) is 5.92 Å². The quantitative estimate of drug-likeness (QED) is 0.329. The molecule has 1 N–H and O–H groups in total. The van der Waals surface area contributed by atoms with E-state index in [1.807, 2.05) is 45.0 Å². The lowest BCUT2D eigenvalue weighted by molar-refractivity contribution is -0.117. The van der Waals surface area contributed by atoms with Crippen LogP contribution in [0.3, 0.4) is 0 Å². The van der Waals surface area contributed by atoms with Gasteiger partial charge in [-0.25, -0.2) is 9.78 Å². The Kier molecular flexibility index (Phi) is 7.08. The van der Waals surface area contributed by atoms with Crippen molar-refractivity contribution in [2.75, 3.05) is 11.5 Å². The second kappa shape index (κ2) is 10.1. The summed E-state index contributed by atoms with van der Waals surface area (Å²) in [6, 6.07) is 13.0. The fourth-order valence-corrected chi connectivity index (χ4v) is 5.08. The third-order valence-electron chi connectivity index (χ3n) is 5.85. The van der Waals surface area contributed by atoms with Crippen molar-refractivity contribution >= 4 is 34.7 Å². The van der Waals surface area contributed by atoms with Gasteiger partial charge in [-0.1, -0.05) is 43.7 Å². The van der Waals surface area contributed by atoms with Gasteiger partial charge in [-0.3, -0.25) is 14.5 Å². The number of rotatable bonds is 7. The molecule has 0 bridgehead atoms. The largest absolute Gasteiger partial charge is 0.503 e. The number of aliphatic hydroxyl groups is 1. The normalized spacial score (nSPS) is 15.7. The Morgan fingerprint density at radius 2 is 1.81 bits per heavy atom. The number of amides is 1. The fraction of sp³-hybridized carbons (Fsp3) is 0.286. The van der Waals surface area contributed by atoms with Gasteiger partial charge in [0.2, 0.25) is 5.78 Å². The van der Waals surface area contributed by atoms with Crippen molar-refractivity contribution in [3.8, 4) is 0 Å². The van der Waals surface area contributed by atoms with Crippen LogP contribution in [-0.2, 0) is 9.53 Å². The highest BCUT2D eigenvalue weighted by Crippen LogP contribution is 2.43. The van der Waals surface area contributed by atoms with E-state index in [1.54, 1.807) is 38.1 Å². The first-order valence-corrected chi connectivity index (χ1v) is 12.5. The van der Waals surface area contributed by atoms with Crippen LogP contribution in [-0.4, -0.2) is 34.4 Å². The van der Waals surface area contributed by atoms with Gasteiger partial charge in [0.1, 0.15) is 0 Å². The molecule has 3 aromatic rings. The molecule has 1 amide bonds. The topological polar surface area (TPSA) is 96.8 Å². The Bertz CT molecular complexity index is 1370. The van der Waals surface area contributed by atoms with Crippen molar-refractivity contribution in [1.82, 2.24) is 4.98 Å². The van der Waals surface area contributed by atoms with E-state index in [0.717, 1.165) is 10.6 Å². The summed E-state index contributed by atoms with van der Waals surface area (Å²) in [4.78, 5) is 45.5. The number of esters is 1. The molecule has 1 unspecified atom stereocenters. The summed E-state index contributed by atoms with van der Waals surface area (Å²) in [7, 11) is 0. The van der Waals surface area contributed by atoms with E-state index in [-0.39, 0.29) is 11.5 Å². The lowest BCUT2D eigenvalue weighted by Crippen LogP contribution is -2.31. The van der Waals surface area contributed by atoms with Gasteiger partial charge in [0.05, 0.1) is 39.4 Å². The number of thiazole rings is 1. The van der Waals surface area contributed by atoms with Crippen LogP contribution in [0.15, 0.2) is 59.9 Å². The molecule has 0 spiro atoms. The molecule has 0 saturated carbocycles. The zero-order chi connectivity index (χ0) is 26.1. The number of aryl methyl sites for hydroxylation is 3. The molecule has 2 heterocycles. The highest BCUT2D eigenvalue weighted by molar-refractivity contribution is 7.14. The number of hydrogen-bond acceptors (Lipinski definition) is 7. The predicted molar refractivity (Wildman–Crippen MR) is 139 cm³/mol. The molecule has 186 valence electrons. The molecular weight excluding hydrogens is 476 g/mol. The third-order valence-corrected chi connectivity index (χ3v) is 6.92. The highest BCUT2D eigenvalue weighted by Gasteiger charge is 2.45. The van der Waals surface area contributed by atoms with E-state index in [9.17, 15) is 19.5 Å². The number of carbonyl (C=O) groups excluding carboxylic acids is 3. The molecule has 0 saturated heterocycles. The predicted octanol–water partition coefficient (Wildman–Crippen LogP) is 5.66. The lowest BCUT2D eigenvalue weighted by Gasteiger charge is -2.27. The average molecular weight is 505 g/mol. The summed E-state index contributed by atoms with van der Waals surface area (Å²) in [6.45, 7) is 9.68. The molecule has 0 radical (unpaired) electrons. The Balaban J connectivity index is 1.76. The van der Waals surface area contributed by atoms with Crippen LogP contribution in [0.4, 0.5) is 5.69 Å². The molecule has 1 aliphatic rings. The molecule has 1 aromatic heterocycles. The number of Topliss-reactive ketones (excluding diaryl/α,β-unsaturated/α-hetero) is 1. The maximum absolute atomic E-state index is 13.7. The third kappa shape index (κ3) is 4.81. The van der Waals surface area contributed by atoms with Crippen molar-refractivity contribution in [3.05, 3.63) is 92.1 Å². The Morgan fingerprint density at radius 3 is 2.39 bits per heavy atom. The number of carbonyl (C=O) groups is 3. The van der Waals surface area contributed by atoms with Crippen molar-refractivity contribution in [3.63, 3.8) is 0 Å². The molecule has 0 aliphatic carbocycles. The number of ether oxygens (including phenoxy) is 1. The number of hydrogen-bond donors (Lipinski definition) is 1. The molecule has 1 atom stereocenters. The molecule has 1 aliphatic heterocycles. The minimum atomic E-state index is -0.842. The number of benzene rings is 2. The van der Waals surface area contributed by atoms with Crippen molar-refractivity contribution < 1.29 is 24.2 Å². The first kappa shape index (κ1) is 25.3. The monoisotopic (exact) mass is 504 g/mol. The standard InChI is InChI=1S/C28H28N2O5S/c1-15(2)14-35-28(34)19-9-11-21(12-10-19)30-23(20-8-6-7-16(3)13-20)22(25(32)27(30)33)24(31)26-17(4)29-18(5)36-26/h6-13,15,23,32H,14H2,1-5H3. The fourth-order valence-electron chi connectivity index (χ4n) is 4.21. The summed E-state index contributed by atoms with van der Waals surface area (Å²) in [5.74, 6) is -1.93. The van der Waals surface area contributed by atoms with Crippen molar-refractivity contribution in [1.29, 1.82) is 0 Å². The van der Waals surface area contributed by atoms with Crippen LogP contribution in [0.1, 0.15) is 61.7 Å². The van der Waals surface area contributed by atoms with Crippen LogP contribution in [0.25, 0.3) is 0 Å². The molecule has 36 heavy (non-hydrogen) atoms. The first-order valence-electron chi connectivity index (χ1n) is 11.7. The van der Waals surface area contributed by atoms with E-state index in [4.69, 9.17) is 4.74 Å². The minimum Gasteiger partial charge on any atom is -0.503 e. The van der Waals surface area contributed by atoms with E-state index in [1.165, 1.54) is 16.2 Å². The van der Waals surface area contributed by atoms with Gasteiger partial charge < -0.3 is 9.84 Å². The maximum Gasteiger partial charge on any atom is 0.338 e. The highest BCUT2D eigenvalue weighted by atomic mass is 32.1. The summed E-state index contributed by atoms with van der Waals surface area (Å²) < 4.78 is 5.29. The summed E-state index contributed by atoms with van der Waals surface area (Å²) in [5, 5.41) is 11.7. The van der Waals surface area contributed by atoms with Gasteiger partial charge in [0, 0.05) is 5.69 Å². The van der Waals surface area contributed by atoms with Crippen LogP contribution < -0.4 is 4.90 Å². The van der Waals surface area contributed by atoms with E-state index in [2.05, 4.69) is 4.98 Å². The number of anilines is 1. The number of aliphatic hydroxyl groups excluding tert-OH is 1. The van der Waals surface area contributed by atoms with Gasteiger partial charge in [-0.05, 0) is 56.5 Å². The Hall–Kier alpha value is -3.78. The SMILES string of the molecule is Cc1cccc(C2C(C(=O)c3sc(C)nc3C)=C(O)C(=O)N2c2ccc(C(=O)OCC(C)C)cc2)c1.